The van der Waals surface area contributed by atoms with Gasteiger partial charge in [0, 0.05) is 50.9 Å². The standard InChI is InChI=1S/C81H98BN3/c1-49-39-70-72-71(40-49)84(67-47-60-57(42-51(67)3)75(9,10)34-37-78(60,15)16)69-48-61-58(76(11,12)35-38-79(61,17)18)45-64(69)82(72)63-29-28-55(44-68(63)83(70)66-46-59-56(41-50(66)2)74(7,8)33-36-77(59,13)14)85-65-30-25-53(52-23-26-54(27-24-52)73(4,5)6)43-62(65)80(19)31-21-22-32-81(80,85)20/h23-30,39-48H,21-22,31-38H2,1-20H3. The fraction of sp³-hybridized carbons (Fsp3) is 0.481. The van der Waals surface area contributed by atoms with Gasteiger partial charge in [-0.25, -0.2) is 0 Å². The van der Waals surface area contributed by atoms with Crippen LogP contribution in [0.2, 0.25) is 0 Å². The van der Waals surface area contributed by atoms with Gasteiger partial charge in [0.05, 0.1) is 5.54 Å². The van der Waals surface area contributed by atoms with Crippen LogP contribution in [-0.4, -0.2) is 12.3 Å². The molecule has 7 aliphatic rings. The van der Waals surface area contributed by atoms with Crippen LogP contribution in [0.4, 0.5) is 45.5 Å². The van der Waals surface area contributed by atoms with Crippen molar-refractivity contribution in [3.63, 3.8) is 0 Å². The maximum atomic E-state index is 2.84. The molecule has 1 fully saturated rings. The first-order valence-corrected chi connectivity index (χ1v) is 33.1. The molecule has 440 valence electrons. The number of hydrogen-bond donors (Lipinski definition) is 0. The number of nitrogens with zero attached hydrogens (tertiary/aromatic N) is 3. The number of fused-ring (bicyclic) bond motifs is 10. The summed E-state index contributed by atoms with van der Waals surface area (Å²) in [6.45, 7) is 49.4. The Balaban J connectivity index is 1.05. The van der Waals surface area contributed by atoms with E-state index in [1.165, 1.54) is 192 Å². The first-order valence-electron chi connectivity index (χ1n) is 33.1. The summed E-state index contributed by atoms with van der Waals surface area (Å²) in [4.78, 5) is 8.41. The molecule has 2 atom stereocenters. The van der Waals surface area contributed by atoms with Gasteiger partial charge in [0.25, 0.3) is 6.71 Å². The molecule has 1 saturated carbocycles. The minimum atomic E-state index is -0.124. The molecule has 2 unspecified atom stereocenters. The molecule has 7 aromatic carbocycles. The molecule has 3 aliphatic heterocycles. The number of anilines is 8. The third-order valence-corrected chi connectivity index (χ3v) is 24.4. The van der Waals surface area contributed by atoms with Gasteiger partial charge < -0.3 is 14.7 Å². The largest absolute Gasteiger partial charge is 0.334 e. The van der Waals surface area contributed by atoms with Gasteiger partial charge in [0.15, 0.2) is 0 Å². The Hall–Kier alpha value is -6.00. The summed E-state index contributed by atoms with van der Waals surface area (Å²) >= 11 is 0. The molecule has 85 heavy (non-hydrogen) atoms. The minimum Gasteiger partial charge on any atom is -0.334 e. The minimum absolute atomic E-state index is 0.0125. The number of hydrogen-bond acceptors (Lipinski definition) is 3. The van der Waals surface area contributed by atoms with Crippen LogP contribution >= 0.6 is 0 Å². The topological polar surface area (TPSA) is 9.72 Å². The van der Waals surface area contributed by atoms with Gasteiger partial charge in [-0.3, -0.25) is 0 Å². The molecule has 3 heterocycles. The van der Waals surface area contributed by atoms with Crippen LogP contribution in [0, 0.1) is 20.8 Å². The average Bonchev–Trinajstić information content (AvgIpc) is 1.66. The molecular weight excluding hydrogens is 1030 g/mol. The van der Waals surface area contributed by atoms with Crippen LogP contribution in [0.1, 0.15) is 243 Å². The second kappa shape index (κ2) is 18.1. The Morgan fingerprint density at radius 1 is 0.365 bits per heavy atom. The van der Waals surface area contributed by atoms with E-state index >= 15 is 0 Å². The number of aryl methyl sites for hydroxylation is 3. The molecule has 0 spiro atoms. The first-order chi connectivity index (χ1) is 39.7. The Kier molecular flexibility index (Phi) is 12.1. The van der Waals surface area contributed by atoms with Crippen molar-refractivity contribution in [2.75, 3.05) is 14.7 Å². The third-order valence-electron chi connectivity index (χ3n) is 24.4. The van der Waals surface area contributed by atoms with Gasteiger partial charge in [0.2, 0.25) is 0 Å². The highest BCUT2D eigenvalue weighted by molar-refractivity contribution is 7.00. The lowest BCUT2D eigenvalue weighted by Gasteiger charge is -2.51. The molecule has 0 saturated heterocycles. The van der Waals surface area contributed by atoms with E-state index < -0.39 is 0 Å². The molecule has 0 N–H and O–H groups in total. The molecule has 4 aliphatic carbocycles. The van der Waals surface area contributed by atoms with Crippen molar-refractivity contribution in [3.8, 4) is 11.1 Å². The van der Waals surface area contributed by atoms with E-state index in [1.807, 2.05) is 0 Å². The third kappa shape index (κ3) is 8.16. The fourth-order valence-corrected chi connectivity index (χ4v) is 18.2. The van der Waals surface area contributed by atoms with Gasteiger partial charge in [0.1, 0.15) is 0 Å². The van der Waals surface area contributed by atoms with E-state index in [9.17, 15) is 0 Å². The molecular formula is C81H98BN3. The highest BCUT2D eigenvalue weighted by atomic mass is 15.3. The lowest BCUT2D eigenvalue weighted by Crippen LogP contribution is -2.62. The second-order valence-electron chi connectivity index (χ2n) is 33.9. The maximum absolute atomic E-state index is 2.84. The molecule has 0 radical (unpaired) electrons. The predicted molar refractivity (Wildman–Crippen MR) is 367 cm³/mol. The van der Waals surface area contributed by atoms with Crippen molar-refractivity contribution in [2.24, 2.45) is 0 Å². The van der Waals surface area contributed by atoms with Crippen molar-refractivity contribution < 1.29 is 0 Å². The van der Waals surface area contributed by atoms with E-state index in [4.69, 9.17) is 0 Å². The summed E-state index contributed by atoms with van der Waals surface area (Å²) < 4.78 is 0. The molecule has 3 nitrogen and oxygen atoms in total. The van der Waals surface area contributed by atoms with Gasteiger partial charge in [-0.05, 0) is 260 Å². The maximum Gasteiger partial charge on any atom is 0.252 e. The highest BCUT2D eigenvalue weighted by Gasteiger charge is 2.58. The van der Waals surface area contributed by atoms with E-state index in [0.717, 1.165) is 6.42 Å². The highest BCUT2D eigenvalue weighted by Crippen LogP contribution is 2.63. The number of rotatable bonds is 4. The second-order valence-corrected chi connectivity index (χ2v) is 33.9. The monoisotopic (exact) mass is 1120 g/mol. The predicted octanol–water partition coefficient (Wildman–Crippen LogP) is 20.4. The number of benzene rings is 7. The quantitative estimate of drug-likeness (QED) is 0.163. The van der Waals surface area contributed by atoms with E-state index in [0.29, 0.717) is 0 Å². The van der Waals surface area contributed by atoms with Gasteiger partial charge in [-0.15, -0.1) is 0 Å². The van der Waals surface area contributed by atoms with Crippen molar-refractivity contribution >= 4 is 68.6 Å². The van der Waals surface area contributed by atoms with Crippen molar-refractivity contribution in [3.05, 3.63) is 170 Å². The molecule has 0 amide bonds. The van der Waals surface area contributed by atoms with E-state index in [-0.39, 0.29) is 55.6 Å². The van der Waals surface area contributed by atoms with Crippen LogP contribution in [0.5, 0.6) is 0 Å². The van der Waals surface area contributed by atoms with Gasteiger partial charge >= 0.3 is 0 Å². The molecule has 0 bridgehead atoms. The van der Waals surface area contributed by atoms with Crippen LogP contribution in [0.25, 0.3) is 11.1 Å². The molecule has 7 aromatic rings. The van der Waals surface area contributed by atoms with Crippen molar-refractivity contribution in [1.82, 2.24) is 0 Å². The van der Waals surface area contributed by atoms with Crippen LogP contribution < -0.4 is 31.1 Å². The molecule has 4 heteroatoms. The summed E-state index contributed by atoms with van der Waals surface area (Å²) in [6, 6.07) is 46.0. The molecule has 0 aromatic heterocycles. The average molecular weight is 1120 g/mol. The van der Waals surface area contributed by atoms with E-state index in [1.54, 1.807) is 0 Å². The summed E-state index contributed by atoms with van der Waals surface area (Å²) in [5, 5.41) is 0. The zero-order chi connectivity index (χ0) is 60.5. The normalized spacial score (nSPS) is 23.9. The van der Waals surface area contributed by atoms with Crippen molar-refractivity contribution in [1.29, 1.82) is 0 Å². The smallest absolute Gasteiger partial charge is 0.252 e. The summed E-state index contributed by atoms with van der Waals surface area (Å²) in [7, 11) is 0. The van der Waals surface area contributed by atoms with Crippen LogP contribution in [0.3, 0.4) is 0 Å². The zero-order valence-electron chi connectivity index (χ0n) is 55.9. The van der Waals surface area contributed by atoms with Gasteiger partial charge in [-0.2, -0.15) is 0 Å². The Morgan fingerprint density at radius 3 is 1.29 bits per heavy atom. The summed E-state index contributed by atoms with van der Waals surface area (Å²) in [5.41, 5.74) is 33.9. The Bertz CT molecular complexity index is 3980. The summed E-state index contributed by atoms with van der Waals surface area (Å²) in [6.07, 6.45) is 11.9. The van der Waals surface area contributed by atoms with Crippen LogP contribution in [0.15, 0.2) is 109 Å². The lowest BCUT2D eigenvalue weighted by molar-refractivity contribution is 0.195. The van der Waals surface area contributed by atoms with E-state index in [2.05, 4.69) is 262 Å². The van der Waals surface area contributed by atoms with Crippen LogP contribution in [-0.2, 0) is 43.3 Å². The Morgan fingerprint density at radius 2 is 0.800 bits per heavy atom. The lowest BCUT2D eigenvalue weighted by atomic mass is 9.33. The Labute approximate surface area is 513 Å². The molecule has 14 rings (SSSR count). The van der Waals surface area contributed by atoms with Crippen molar-refractivity contribution in [2.45, 2.75) is 252 Å². The fourth-order valence-electron chi connectivity index (χ4n) is 18.2. The SMILES string of the molecule is Cc1cc2c3c(c1)N(c1cc4c(cc1C)C(C)(C)CCC4(C)C)c1cc4c(cc1B3c1ccc(N3c5ccc(-c6ccc(C(C)(C)C)cc6)cc5C5(C)CCCCC35C)cc1N2c1cc2c(cc1C)C(C)(C)CCC2(C)C)C(C)(C)CCC4(C)C. The first kappa shape index (κ1) is 56.8. The van der Waals surface area contributed by atoms with Gasteiger partial charge in [-0.1, -0.05) is 178 Å². The zero-order valence-corrected chi connectivity index (χ0v) is 55.9. The summed E-state index contributed by atoms with van der Waals surface area (Å²) in [5.74, 6) is 0.